The largest absolute Gasteiger partial charge is 0.324 e. The van der Waals surface area contributed by atoms with Crippen LogP contribution in [0.5, 0.6) is 0 Å². The van der Waals surface area contributed by atoms with Crippen LogP contribution in [0.15, 0.2) is 42.5 Å². The van der Waals surface area contributed by atoms with Gasteiger partial charge in [-0.25, -0.2) is 4.39 Å². The van der Waals surface area contributed by atoms with Crippen LogP contribution in [-0.2, 0) is 11.3 Å². The Labute approximate surface area is 146 Å². The Morgan fingerprint density at radius 2 is 1.96 bits per heavy atom. The summed E-state index contributed by atoms with van der Waals surface area (Å²) in [7, 11) is 0. The number of hydrogen-bond acceptors (Lipinski definition) is 2. The molecule has 0 spiro atoms. The highest BCUT2D eigenvalue weighted by Gasteiger charge is 2.30. The number of hydrogen-bond donors (Lipinski definition) is 1. The number of nitrogens with zero attached hydrogens (tertiary/aromatic N) is 1. The van der Waals surface area contributed by atoms with Gasteiger partial charge in [0.25, 0.3) is 0 Å². The third-order valence-corrected chi connectivity index (χ3v) is 4.42. The van der Waals surface area contributed by atoms with Crippen LogP contribution in [0.4, 0.5) is 10.1 Å². The molecule has 0 radical (unpaired) electrons. The van der Waals surface area contributed by atoms with Crippen molar-refractivity contribution in [2.75, 3.05) is 11.9 Å². The molecule has 3 nitrogen and oxygen atoms in total. The lowest BCUT2D eigenvalue weighted by atomic mass is 10.2. The zero-order valence-corrected chi connectivity index (χ0v) is 14.3. The van der Waals surface area contributed by atoms with Gasteiger partial charge in [0, 0.05) is 12.6 Å². The maximum absolute atomic E-state index is 13.0. The van der Waals surface area contributed by atoms with Crippen LogP contribution in [-0.4, -0.2) is 23.4 Å². The maximum Gasteiger partial charge on any atom is 0.238 e. The van der Waals surface area contributed by atoms with Crippen molar-refractivity contribution in [3.8, 4) is 0 Å². The van der Waals surface area contributed by atoms with E-state index in [0.717, 1.165) is 24.0 Å². The van der Waals surface area contributed by atoms with E-state index in [1.54, 1.807) is 12.1 Å². The Morgan fingerprint density at radius 3 is 2.58 bits per heavy atom. The van der Waals surface area contributed by atoms with Crippen LogP contribution in [0.3, 0.4) is 0 Å². The van der Waals surface area contributed by atoms with Gasteiger partial charge in [0.15, 0.2) is 0 Å². The Kier molecular flexibility index (Phi) is 5.17. The lowest BCUT2D eigenvalue weighted by Gasteiger charge is -2.21. The maximum atomic E-state index is 13.0. The molecule has 24 heavy (non-hydrogen) atoms. The Balaban J connectivity index is 1.62. The third kappa shape index (κ3) is 4.56. The number of aryl methyl sites for hydroxylation is 1. The molecule has 0 aliphatic heterocycles. The number of nitrogens with one attached hydrogen (secondary N) is 1. The topological polar surface area (TPSA) is 32.3 Å². The van der Waals surface area contributed by atoms with E-state index < -0.39 is 0 Å². The zero-order valence-electron chi connectivity index (χ0n) is 13.6. The molecule has 1 amide bonds. The SMILES string of the molecule is Cc1ccc(NC(=O)CN(Cc2ccc(F)cc2)C2CC2)c(Cl)c1. The molecular weight excluding hydrogens is 327 g/mol. The number of carbonyl (C=O) groups excluding carboxylic acids is 1. The van der Waals surface area contributed by atoms with Crippen LogP contribution in [0, 0.1) is 12.7 Å². The van der Waals surface area contributed by atoms with Gasteiger partial charge < -0.3 is 5.32 Å². The second-order valence-corrected chi connectivity index (χ2v) is 6.70. The van der Waals surface area contributed by atoms with Gasteiger partial charge in [-0.15, -0.1) is 0 Å². The fraction of sp³-hybridized carbons (Fsp3) is 0.316. The van der Waals surface area contributed by atoms with Gasteiger partial charge in [0.05, 0.1) is 17.3 Å². The highest BCUT2D eigenvalue weighted by Crippen LogP contribution is 2.28. The first kappa shape index (κ1) is 16.9. The Hall–Kier alpha value is -1.91. The van der Waals surface area contributed by atoms with Crippen molar-refractivity contribution < 1.29 is 9.18 Å². The summed E-state index contributed by atoms with van der Waals surface area (Å²) < 4.78 is 13.0. The normalized spacial score (nSPS) is 14.0. The van der Waals surface area contributed by atoms with Gasteiger partial charge in [-0.2, -0.15) is 0 Å². The van der Waals surface area contributed by atoms with Gasteiger partial charge >= 0.3 is 0 Å². The molecule has 0 atom stereocenters. The third-order valence-electron chi connectivity index (χ3n) is 4.11. The molecule has 1 aliphatic rings. The molecular formula is C19H20ClFN2O. The summed E-state index contributed by atoms with van der Waals surface area (Å²) in [4.78, 5) is 14.5. The summed E-state index contributed by atoms with van der Waals surface area (Å²) in [6, 6.07) is 12.4. The van der Waals surface area contributed by atoms with E-state index in [9.17, 15) is 9.18 Å². The van der Waals surface area contributed by atoms with E-state index in [1.165, 1.54) is 12.1 Å². The smallest absolute Gasteiger partial charge is 0.238 e. The predicted octanol–water partition coefficient (Wildman–Crippen LogP) is 4.39. The summed E-state index contributed by atoms with van der Waals surface area (Å²) in [5.41, 5.74) is 2.68. The minimum Gasteiger partial charge on any atom is -0.324 e. The molecule has 2 aromatic rings. The lowest BCUT2D eigenvalue weighted by Crippen LogP contribution is -2.34. The molecule has 5 heteroatoms. The average Bonchev–Trinajstić information content (AvgIpc) is 3.36. The van der Waals surface area contributed by atoms with Gasteiger partial charge in [-0.3, -0.25) is 9.69 Å². The van der Waals surface area contributed by atoms with Crippen LogP contribution < -0.4 is 5.32 Å². The minimum absolute atomic E-state index is 0.0882. The molecule has 1 saturated carbocycles. The fourth-order valence-electron chi connectivity index (χ4n) is 2.67. The van der Waals surface area contributed by atoms with Crippen LogP contribution in [0.1, 0.15) is 24.0 Å². The van der Waals surface area contributed by atoms with Gasteiger partial charge in [0.1, 0.15) is 5.82 Å². The molecule has 1 fully saturated rings. The van der Waals surface area contributed by atoms with Crippen molar-refractivity contribution in [2.45, 2.75) is 32.4 Å². The van der Waals surface area contributed by atoms with Crippen molar-refractivity contribution in [1.29, 1.82) is 0 Å². The second kappa shape index (κ2) is 7.32. The first-order valence-corrected chi connectivity index (χ1v) is 8.43. The summed E-state index contributed by atoms with van der Waals surface area (Å²) in [5.74, 6) is -0.335. The molecule has 0 bridgehead atoms. The fourth-order valence-corrected chi connectivity index (χ4v) is 2.96. The Morgan fingerprint density at radius 1 is 1.25 bits per heavy atom. The van der Waals surface area contributed by atoms with Crippen molar-refractivity contribution in [1.82, 2.24) is 4.90 Å². The van der Waals surface area contributed by atoms with Crippen LogP contribution in [0.2, 0.25) is 5.02 Å². The van der Waals surface area contributed by atoms with E-state index in [4.69, 9.17) is 11.6 Å². The lowest BCUT2D eigenvalue weighted by molar-refractivity contribution is -0.117. The van der Waals surface area contributed by atoms with E-state index in [2.05, 4.69) is 10.2 Å². The Bertz CT molecular complexity index is 729. The molecule has 126 valence electrons. The molecule has 3 rings (SSSR count). The zero-order chi connectivity index (χ0) is 17.1. The molecule has 2 aromatic carbocycles. The number of amides is 1. The van der Waals surface area contributed by atoms with Crippen molar-refractivity contribution >= 4 is 23.2 Å². The molecule has 0 unspecified atom stereocenters. The first-order valence-electron chi connectivity index (χ1n) is 8.06. The van der Waals surface area contributed by atoms with Crippen LogP contribution >= 0.6 is 11.6 Å². The minimum atomic E-state index is -0.247. The predicted molar refractivity (Wildman–Crippen MR) is 94.7 cm³/mol. The number of rotatable bonds is 6. The summed E-state index contributed by atoms with van der Waals surface area (Å²) in [6.45, 7) is 2.89. The first-order chi connectivity index (χ1) is 11.5. The molecule has 0 heterocycles. The molecule has 1 aliphatic carbocycles. The molecule has 0 aromatic heterocycles. The quantitative estimate of drug-likeness (QED) is 0.841. The van der Waals surface area contributed by atoms with Crippen LogP contribution in [0.25, 0.3) is 0 Å². The van der Waals surface area contributed by atoms with Gasteiger partial charge in [0.2, 0.25) is 5.91 Å². The monoisotopic (exact) mass is 346 g/mol. The average molecular weight is 347 g/mol. The van der Waals surface area contributed by atoms with E-state index in [1.807, 2.05) is 25.1 Å². The van der Waals surface area contributed by atoms with E-state index in [-0.39, 0.29) is 11.7 Å². The standard InChI is InChI=1S/C19H20ClFN2O/c1-13-2-9-18(17(20)10-13)22-19(24)12-23(16-7-8-16)11-14-3-5-15(21)6-4-14/h2-6,9-10,16H,7-8,11-12H2,1H3,(H,22,24). The highest BCUT2D eigenvalue weighted by molar-refractivity contribution is 6.33. The van der Waals surface area contributed by atoms with Gasteiger partial charge in [-0.1, -0.05) is 29.8 Å². The van der Waals surface area contributed by atoms with E-state index in [0.29, 0.717) is 29.8 Å². The van der Waals surface area contributed by atoms with Crippen molar-refractivity contribution in [3.63, 3.8) is 0 Å². The summed E-state index contributed by atoms with van der Waals surface area (Å²) in [6.07, 6.45) is 2.19. The van der Waals surface area contributed by atoms with Crippen molar-refractivity contribution in [2.24, 2.45) is 0 Å². The highest BCUT2D eigenvalue weighted by atomic mass is 35.5. The second-order valence-electron chi connectivity index (χ2n) is 6.29. The summed E-state index contributed by atoms with van der Waals surface area (Å²) in [5, 5.41) is 3.41. The molecule has 1 N–H and O–H groups in total. The number of carbonyl (C=O) groups is 1. The number of halogens is 2. The number of benzene rings is 2. The summed E-state index contributed by atoms with van der Waals surface area (Å²) >= 11 is 6.17. The van der Waals surface area contributed by atoms with E-state index >= 15 is 0 Å². The molecule has 0 saturated heterocycles. The van der Waals surface area contributed by atoms with Crippen molar-refractivity contribution in [3.05, 3.63) is 64.4 Å². The van der Waals surface area contributed by atoms with Gasteiger partial charge in [-0.05, 0) is 55.2 Å². The number of anilines is 1.